The highest BCUT2D eigenvalue weighted by Crippen LogP contribution is 2.22. The maximum Gasteiger partial charge on any atom is 0.252 e. The van der Waals surface area contributed by atoms with Gasteiger partial charge in [-0.05, 0) is 50.6 Å². The van der Waals surface area contributed by atoms with Crippen molar-refractivity contribution in [1.29, 1.82) is 0 Å². The van der Waals surface area contributed by atoms with Crippen molar-refractivity contribution in [3.8, 4) is 5.69 Å². The summed E-state index contributed by atoms with van der Waals surface area (Å²) in [7, 11) is 0. The number of thioether (sulfide) groups is 1. The molecule has 0 saturated carbocycles. The smallest absolute Gasteiger partial charge is 0.252 e. The maximum atomic E-state index is 12.3. The van der Waals surface area contributed by atoms with E-state index < -0.39 is 0 Å². The zero-order chi connectivity index (χ0) is 20.8. The highest BCUT2D eigenvalue weighted by Gasteiger charge is 2.13. The van der Waals surface area contributed by atoms with Gasteiger partial charge in [0.15, 0.2) is 0 Å². The van der Waals surface area contributed by atoms with E-state index >= 15 is 0 Å². The molecule has 0 aliphatic rings. The Balaban J connectivity index is 1.61. The van der Waals surface area contributed by atoms with Crippen molar-refractivity contribution in [2.45, 2.75) is 31.8 Å². The molecule has 0 bridgehead atoms. The van der Waals surface area contributed by atoms with Gasteiger partial charge in [0.2, 0.25) is 0 Å². The minimum absolute atomic E-state index is 0.106. The summed E-state index contributed by atoms with van der Waals surface area (Å²) >= 11 is 7.72. The number of carbonyl (C=O) groups excluding carboxylic acids is 1. The number of benzene rings is 2. The average Bonchev–Trinajstić information content (AvgIpc) is 3.00. The fraction of sp³-hybridized carbons (Fsp3) is 0.217. The number of hydrogen-bond acceptors (Lipinski definition) is 3. The highest BCUT2D eigenvalue weighted by atomic mass is 35.5. The predicted molar refractivity (Wildman–Crippen MR) is 123 cm³/mol. The van der Waals surface area contributed by atoms with Gasteiger partial charge in [0, 0.05) is 33.4 Å². The van der Waals surface area contributed by atoms with Crippen LogP contribution in [0, 0.1) is 13.8 Å². The summed E-state index contributed by atoms with van der Waals surface area (Å²) in [6.07, 6.45) is 1.69. The van der Waals surface area contributed by atoms with E-state index in [1.165, 1.54) is 5.56 Å². The van der Waals surface area contributed by atoms with Crippen molar-refractivity contribution in [1.82, 2.24) is 9.99 Å². The number of hydrazone groups is 1. The molecule has 150 valence electrons. The fourth-order valence-corrected chi connectivity index (χ4v) is 4.08. The first-order valence-electron chi connectivity index (χ1n) is 9.39. The lowest BCUT2D eigenvalue weighted by Crippen LogP contribution is -2.27. The lowest BCUT2D eigenvalue weighted by atomic mass is 10.2. The van der Waals surface area contributed by atoms with Gasteiger partial charge < -0.3 is 4.57 Å². The summed E-state index contributed by atoms with van der Waals surface area (Å²) in [5.41, 5.74) is 7.92. The number of aromatic nitrogens is 1. The third-order valence-corrected chi connectivity index (χ3v) is 6.08. The van der Waals surface area contributed by atoms with Crippen molar-refractivity contribution in [2.75, 3.05) is 0 Å². The van der Waals surface area contributed by atoms with Crippen LogP contribution >= 0.6 is 23.4 Å². The zero-order valence-electron chi connectivity index (χ0n) is 16.7. The molecule has 3 aromatic rings. The van der Waals surface area contributed by atoms with Crippen LogP contribution < -0.4 is 5.43 Å². The maximum absolute atomic E-state index is 12.3. The molecule has 0 spiro atoms. The van der Waals surface area contributed by atoms with Crippen LogP contribution in [-0.4, -0.2) is 21.9 Å². The first kappa shape index (κ1) is 21.2. The molecule has 1 N–H and O–H groups in total. The van der Waals surface area contributed by atoms with Gasteiger partial charge in [-0.3, -0.25) is 4.79 Å². The van der Waals surface area contributed by atoms with Crippen LogP contribution in [0.2, 0.25) is 5.02 Å². The van der Waals surface area contributed by atoms with Crippen LogP contribution in [0.3, 0.4) is 0 Å². The molecule has 0 aliphatic carbocycles. The van der Waals surface area contributed by atoms with Crippen molar-refractivity contribution < 1.29 is 4.79 Å². The molecule has 0 fully saturated rings. The van der Waals surface area contributed by atoms with Gasteiger partial charge >= 0.3 is 0 Å². The fourth-order valence-electron chi connectivity index (χ4n) is 3.06. The van der Waals surface area contributed by atoms with E-state index in [2.05, 4.69) is 27.2 Å². The summed E-state index contributed by atoms with van der Waals surface area (Å²) < 4.78 is 2.12. The molecule has 3 rings (SSSR count). The summed E-state index contributed by atoms with van der Waals surface area (Å²) in [6.45, 7) is 5.95. The Morgan fingerprint density at radius 1 is 1.17 bits per heavy atom. The number of carbonyl (C=O) groups is 1. The molecule has 6 heteroatoms. The van der Waals surface area contributed by atoms with E-state index in [1.54, 1.807) is 18.0 Å². The summed E-state index contributed by atoms with van der Waals surface area (Å²) in [5.74, 6) is 0.686. The molecular formula is C23H24ClN3OS. The minimum atomic E-state index is -0.189. The van der Waals surface area contributed by atoms with Gasteiger partial charge in [-0.15, -0.1) is 11.8 Å². The highest BCUT2D eigenvalue weighted by molar-refractivity contribution is 7.99. The molecule has 0 radical (unpaired) electrons. The molecule has 1 amide bonds. The summed E-state index contributed by atoms with van der Waals surface area (Å²) in [5, 5.41) is 4.67. The molecule has 0 unspecified atom stereocenters. The number of nitrogens with one attached hydrogen (secondary N) is 1. The molecule has 4 nitrogen and oxygen atoms in total. The van der Waals surface area contributed by atoms with Gasteiger partial charge in [0.25, 0.3) is 5.91 Å². The van der Waals surface area contributed by atoms with Crippen LogP contribution in [0.4, 0.5) is 0 Å². The van der Waals surface area contributed by atoms with Gasteiger partial charge in [-0.2, -0.15) is 5.10 Å². The number of nitrogens with zero attached hydrogens (tertiary/aromatic N) is 2. The molecule has 2 aromatic carbocycles. The van der Waals surface area contributed by atoms with Crippen LogP contribution in [0.5, 0.6) is 0 Å². The van der Waals surface area contributed by atoms with Crippen LogP contribution in [-0.2, 0) is 10.5 Å². The van der Waals surface area contributed by atoms with E-state index in [0.717, 1.165) is 28.4 Å². The van der Waals surface area contributed by atoms with Crippen LogP contribution in [0.15, 0.2) is 65.8 Å². The second kappa shape index (κ2) is 9.81. The first-order chi connectivity index (χ1) is 14.0. The largest absolute Gasteiger partial charge is 0.318 e. The van der Waals surface area contributed by atoms with Crippen LogP contribution in [0.1, 0.15) is 29.4 Å². The Hall–Kier alpha value is -2.50. The zero-order valence-corrected chi connectivity index (χ0v) is 18.3. The second-order valence-electron chi connectivity index (χ2n) is 6.81. The number of rotatable bonds is 7. The molecule has 1 heterocycles. The van der Waals surface area contributed by atoms with Crippen molar-refractivity contribution >= 4 is 35.5 Å². The quantitative estimate of drug-likeness (QED) is 0.400. The van der Waals surface area contributed by atoms with E-state index in [1.807, 2.05) is 69.3 Å². The SMILES string of the molecule is Cc1cc(/C=N\NC(=O)[C@@H](C)SCc2ccccc2)c(C)n1-c1cccc(Cl)c1. The average molecular weight is 426 g/mol. The Labute approximate surface area is 181 Å². The number of amides is 1. The van der Waals surface area contributed by atoms with Gasteiger partial charge in [0.05, 0.1) is 11.5 Å². The second-order valence-corrected chi connectivity index (χ2v) is 8.58. The Morgan fingerprint density at radius 2 is 1.93 bits per heavy atom. The lowest BCUT2D eigenvalue weighted by Gasteiger charge is -2.10. The Bertz CT molecular complexity index is 1010. The molecule has 0 saturated heterocycles. The molecular weight excluding hydrogens is 402 g/mol. The third-order valence-electron chi connectivity index (χ3n) is 4.63. The van der Waals surface area contributed by atoms with Crippen LogP contribution in [0.25, 0.3) is 5.69 Å². The van der Waals surface area contributed by atoms with Gasteiger partial charge in [0.1, 0.15) is 0 Å². The standard InChI is InChI=1S/C23H24ClN3OS/c1-16-12-20(17(2)27(16)22-11-7-10-21(24)13-22)14-25-26-23(28)18(3)29-15-19-8-5-4-6-9-19/h4-14,18H,15H2,1-3H3,(H,26,28)/b25-14-/t18-/m1/s1. The molecule has 1 atom stereocenters. The molecule has 0 aliphatic heterocycles. The summed E-state index contributed by atoms with van der Waals surface area (Å²) in [6, 6.07) is 19.9. The lowest BCUT2D eigenvalue weighted by molar-refractivity contribution is -0.120. The third kappa shape index (κ3) is 5.52. The topological polar surface area (TPSA) is 46.4 Å². The minimum Gasteiger partial charge on any atom is -0.318 e. The number of hydrogen-bond donors (Lipinski definition) is 1. The van der Waals surface area contributed by atoms with Gasteiger partial charge in [-0.1, -0.05) is 48.0 Å². The number of aryl methyl sites for hydroxylation is 1. The monoisotopic (exact) mass is 425 g/mol. The first-order valence-corrected chi connectivity index (χ1v) is 10.8. The normalized spacial score (nSPS) is 12.3. The van der Waals surface area contributed by atoms with Crippen molar-refractivity contribution in [3.63, 3.8) is 0 Å². The molecule has 29 heavy (non-hydrogen) atoms. The van der Waals surface area contributed by atoms with Crippen molar-refractivity contribution in [2.24, 2.45) is 5.10 Å². The van der Waals surface area contributed by atoms with E-state index in [4.69, 9.17) is 11.6 Å². The van der Waals surface area contributed by atoms with E-state index in [0.29, 0.717) is 5.02 Å². The van der Waals surface area contributed by atoms with Gasteiger partial charge in [-0.25, -0.2) is 5.43 Å². The number of halogens is 1. The predicted octanol–water partition coefficient (Wildman–Crippen LogP) is 5.52. The molecule has 1 aromatic heterocycles. The summed E-state index contributed by atoms with van der Waals surface area (Å²) in [4.78, 5) is 12.3. The Kier molecular flexibility index (Phi) is 7.18. The van der Waals surface area contributed by atoms with E-state index in [-0.39, 0.29) is 11.2 Å². The van der Waals surface area contributed by atoms with E-state index in [9.17, 15) is 4.79 Å². The van der Waals surface area contributed by atoms with Crippen molar-refractivity contribution in [3.05, 3.63) is 88.2 Å². The Morgan fingerprint density at radius 3 is 2.66 bits per heavy atom.